The lowest BCUT2D eigenvalue weighted by atomic mass is 10.1. The van der Waals surface area contributed by atoms with E-state index in [-0.39, 0.29) is 11.9 Å². The number of alkyl halides is 1. The monoisotopic (exact) mass is 312 g/mol. The second-order valence-corrected chi connectivity index (χ2v) is 3.97. The summed E-state index contributed by atoms with van der Waals surface area (Å²) in [5.41, 5.74) is 1.78. The second-order valence-electron chi connectivity index (χ2n) is 3.41. The molecular formula is C13H13BrO4. The van der Waals surface area contributed by atoms with Crippen LogP contribution in [0.2, 0.25) is 0 Å². The molecule has 0 N–H and O–H groups in total. The Morgan fingerprint density at radius 3 is 2.22 bits per heavy atom. The minimum absolute atomic E-state index is 0.385. The average Bonchev–Trinajstić information content (AvgIpc) is 2.43. The molecule has 0 fully saturated rings. The zero-order valence-electron chi connectivity index (χ0n) is 10.1. The van der Waals surface area contributed by atoms with Crippen molar-refractivity contribution in [3.8, 4) is 0 Å². The summed E-state index contributed by atoms with van der Waals surface area (Å²) in [6.45, 7) is 0. The molecule has 0 saturated heterocycles. The molecule has 0 aliphatic rings. The lowest BCUT2D eigenvalue weighted by Gasteiger charge is -2.02. The summed E-state index contributed by atoms with van der Waals surface area (Å²) in [5, 5.41) is 0.401. The van der Waals surface area contributed by atoms with Gasteiger partial charge in [-0.05, 0) is 23.8 Å². The zero-order valence-corrected chi connectivity index (χ0v) is 11.7. The second kappa shape index (κ2) is 6.96. The molecule has 1 aromatic carbocycles. The fourth-order valence-electron chi connectivity index (χ4n) is 1.32. The van der Waals surface area contributed by atoms with Gasteiger partial charge >= 0.3 is 11.9 Å². The Kier molecular flexibility index (Phi) is 5.58. The van der Waals surface area contributed by atoms with Crippen molar-refractivity contribution >= 4 is 33.9 Å². The minimum atomic E-state index is -0.390. The molecule has 0 radical (unpaired) electrons. The van der Waals surface area contributed by atoms with Crippen LogP contribution in [-0.2, 0) is 14.3 Å². The number of methoxy groups -OCH3 is 2. The number of carbonyl (C=O) groups is 2. The Balaban J connectivity index is 2.94. The van der Waals surface area contributed by atoms with Crippen LogP contribution in [0, 0.1) is 0 Å². The molecule has 0 spiro atoms. The van der Waals surface area contributed by atoms with Crippen molar-refractivity contribution in [1.82, 2.24) is 0 Å². The van der Waals surface area contributed by atoms with Crippen molar-refractivity contribution in [2.45, 2.75) is 0 Å². The van der Waals surface area contributed by atoms with Crippen molar-refractivity contribution in [2.24, 2.45) is 0 Å². The van der Waals surface area contributed by atoms with Gasteiger partial charge in [-0.2, -0.15) is 0 Å². The maximum atomic E-state index is 11.4. The van der Waals surface area contributed by atoms with Crippen LogP contribution in [-0.4, -0.2) is 31.5 Å². The summed E-state index contributed by atoms with van der Waals surface area (Å²) >= 11 is 3.22. The summed E-state index contributed by atoms with van der Waals surface area (Å²) in [6.07, 6.45) is 1.70. The van der Waals surface area contributed by atoms with Crippen LogP contribution in [0.3, 0.4) is 0 Å². The summed E-state index contributed by atoms with van der Waals surface area (Å²) in [5.74, 6) is -0.775. The zero-order chi connectivity index (χ0) is 13.5. The first-order chi connectivity index (χ1) is 8.62. The summed E-state index contributed by atoms with van der Waals surface area (Å²) in [4.78, 5) is 22.6. The van der Waals surface area contributed by atoms with Gasteiger partial charge in [0, 0.05) is 10.9 Å². The molecule has 0 aromatic heterocycles. The van der Waals surface area contributed by atoms with Crippen molar-refractivity contribution < 1.29 is 19.1 Å². The molecule has 0 saturated carbocycles. The maximum Gasteiger partial charge on any atom is 0.337 e. The third kappa shape index (κ3) is 3.70. The van der Waals surface area contributed by atoms with Gasteiger partial charge in [0.05, 0.1) is 19.8 Å². The largest absolute Gasteiger partial charge is 0.466 e. The smallest absolute Gasteiger partial charge is 0.337 e. The molecular weight excluding hydrogens is 300 g/mol. The van der Waals surface area contributed by atoms with Gasteiger partial charge in [0.2, 0.25) is 0 Å². The van der Waals surface area contributed by atoms with E-state index in [1.54, 1.807) is 30.3 Å². The third-order valence-corrected chi connectivity index (χ3v) is 2.87. The molecule has 18 heavy (non-hydrogen) atoms. The van der Waals surface area contributed by atoms with E-state index < -0.39 is 0 Å². The Labute approximate surface area is 114 Å². The van der Waals surface area contributed by atoms with Gasteiger partial charge in [-0.3, -0.25) is 0 Å². The topological polar surface area (TPSA) is 52.6 Å². The van der Waals surface area contributed by atoms with E-state index in [2.05, 4.69) is 25.4 Å². The number of esters is 2. The fraction of sp³-hybridized carbons (Fsp3) is 0.231. The number of carbonyl (C=O) groups excluding carboxylic acids is 2. The number of hydrogen-bond acceptors (Lipinski definition) is 4. The van der Waals surface area contributed by atoms with Crippen LogP contribution in [0.5, 0.6) is 0 Å². The van der Waals surface area contributed by atoms with Crippen molar-refractivity contribution in [1.29, 1.82) is 0 Å². The standard InChI is InChI=1S/C13H13BrO4/c1-17-12(15)10-5-3-9(4-6-10)7-11(8-14)13(16)18-2/h3-7H,8H2,1-2H3/b11-7+. The number of halogens is 1. The van der Waals surface area contributed by atoms with Gasteiger partial charge in [-0.1, -0.05) is 28.1 Å². The summed E-state index contributed by atoms with van der Waals surface area (Å²) in [6, 6.07) is 6.75. The number of benzene rings is 1. The first-order valence-electron chi connectivity index (χ1n) is 5.15. The Hall–Kier alpha value is -1.62. The number of rotatable bonds is 4. The Morgan fingerprint density at radius 1 is 1.17 bits per heavy atom. The Morgan fingerprint density at radius 2 is 1.78 bits per heavy atom. The molecule has 0 amide bonds. The molecule has 0 atom stereocenters. The fourth-order valence-corrected chi connectivity index (χ4v) is 1.71. The van der Waals surface area contributed by atoms with Gasteiger partial charge in [-0.15, -0.1) is 0 Å². The average molecular weight is 313 g/mol. The normalized spacial score (nSPS) is 10.9. The van der Waals surface area contributed by atoms with Crippen molar-refractivity contribution in [2.75, 3.05) is 19.5 Å². The van der Waals surface area contributed by atoms with E-state index >= 15 is 0 Å². The molecule has 0 heterocycles. The van der Waals surface area contributed by atoms with Gasteiger partial charge < -0.3 is 9.47 Å². The number of ether oxygens (including phenoxy) is 2. The van der Waals surface area contributed by atoms with Crippen LogP contribution < -0.4 is 0 Å². The van der Waals surface area contributed by atoms with Gasteiger partial charge in [0.25, 0.3) is 0 Å². The molecule has 5 heteroatoms. The molecule has 0 aliphatic carbocycles. The predicted octanol–water partition coefficient (Wildman–Crippen LogP) is 2.42. The molecule has 96 valence electrons. The SMILES string of the molecule is COC(=O)/C(=C/c1ccc(C(=O)OC)cc1)CBr. The van der Waals surface area contributed by atoms with Crippen LogP contribution in [0.4, 0.5) is 0 Å². The quantitative estimate of drug-likeness (QED) is 0.487. The highest BCUT2D eigenvalue weighted by Gasteiger charge is 2.08. The van der Waals surface area contributed by atoms with Crippen molar-refractivity contribution in [3.63, 3.8) is 0 Å². The van der Waals surface area contributed by atoms with Gasteiger partial charge in [0.1, 0.15) is 0 Å². The molecule has 4 nitrogen and oxygen atoms in total. The maximum absolute atomic E-state index is 11.4. The van der Waals surface area contributed by atoms with E-state index in [0.29, 0.717) is 16.5 Å². The van der Waals surface area contributed by atoms with E-state index in [9.17, 15) is 9.59 Å². The first kappa shape index (κ1) is 14.4. The van der Waals surface area contributed by atoms with E-state index in [0.717, 1.165) is 5.56 Å². The molecule has 0 bridgehead atoms. The highest BCUT2D eigenvalue weighted by Crippen LogP contribution is 2.12. The summed E-state index contributed by atoms with van der Waals surface area (Å²) in [7, 11) is 2.66. The molecule has 1 aromatic rings. The summed E-state index contributed by atoms with van der Waals surface area (Å²) < 4.78 is 9.24. The highest BCUT2D eigenvalue weighted by atomic mass is 79.9. The van der Waals surface area contributed by atoms with Crippen molar-refractivity contribution in [3.05, 3.63) is 41.0 Å². The number of hydrogen-bond donors (Lipinski definition) is 0. The first-order valence-corrected chi connectivity index (χ1v) is 6.27. The lowest BCUT2D eigenvalue weighted by Crippen LogP contribution is -2.05. The van der Waals surface area contributed by atoms with Crippen LogP contribution >= 0.6 is 15.9 Å². The minimum Gasteiger partial charge on any atom is -0.466 e. The van der Waals surface area contributed by atoms with E-state index in [1.807, 2.05) is 0 Å². The lowest BCUT2D eigenvalue weighted by molar-refractivity contribution is -0.135. The van der Waals surface area contributed by atoms with Gasteiger partial charge in [0.15, 0.2) is 0 Å². The molecule has 0 unspecified atom stereocenters. The van der Waals surface area contributed by atoms with E-state index in [4.69, 9.17) is 0 Å². The van der Waals surface area contributed by atoms with Crippen LogP contribution in [0.1, 0.15) is 15.9 Å². The van der Waals surface area contributed by atoms with Crippen LogP contribution in [0.25, 0.3) is 6.08 Å². The van der Waals surface area contributed by atoms with E-state index in [1.165, 1.54) is 14.2 Å². The predicted molar refractivity (Wildman–Crippen MR) is 71.6 cm³/mol. The molecule has 1 rings (SSSR count). The highest BCUT2D eigenvalue weighted by molar-refractivity contribution is 9.09. The molecule has 0 aliphatic heterocycles. The van der Waals surface area contributed by atoms with Gasteiger partial charge in [-0.25, -0.2) is 9.59 Å². The third-order valence-electron chi connectivity index (χ3n) is 2.26. The Bertz CT molecular complexity index is 462. The van der Waals surface area contributed by atoms with Crippen LogP contribution in [0.15, 0.2) is 29.8 Å².